The predicted molar refractivity (Wildman–Crippen MR) is 242 cm³/mol. The molecule has 12 nitrogen and oxygen atoms in total. The average Bonchev–Trinajstić information content (AvgIpc) is 3.63. The van der Waals surface area contributed by atoms with Crippen molar-refractivity contribution < 1.29 is 19.4 Å². The number of nitrogens with one attached hydrogen (secondary N) is 3. The molecule has 60 heavy (non-hydrogen) atoms. The lowest BCUT2D eigenvalue weighted by atomic mass is 9.89. The Hall–Kier alpha value is -5.34. The van der Waals surface area contributed by atoms with Crippen LogP contribution in [0, 0.1) is 0 Å². The molecule has 0 aliphatic heterocycles. The summed E-state index contributed by atoms with van der Waals surface area (Å²) in [6.07, 6.45) is 3.88. The molecular weight excluding hydrogens is 771 g/mol. The van der Waals surface area contributed by atoms with Crippen molar-refractivity contribution in [2.75, 3.05) is 18.5 Å². The fourth-order valence-corrected chi connectivity index (χ4v) is 9.51. The summed E-state index contributed by atoms with van der Waals surface area (Å²) in [5.74, 6) is 0.0266. The number of aromatic nitrogens is 4. The van der Waals surface area contributed by atoms with Crippen molar-refractivity contribution in [1.82, 2.24) is 30.6 Å². The van der Waals surface area contributed by atoms with Gasteiger partial charge >= 0.3 is 6.09 Å². The van der Waals surface area contributed by atoms with Crippen LogP contribution in [0.3, 0.4) is 0 Å². The number of amides is 1. The second kappa shape index (κ2) is 18.1. The van der Waals surface area contributed by atoms with Gasteiger partial charge in [0.25, 0.3) is 0 Å². The lowest BCUT2D eigenvalue weighted by molar-refractivity contribution is 0.181. The molecule has 4 aromatic carbocycles. The number of H-pyrrole nitrogens is 1. The fraction of sp³-hybridized carbons (Fsp3) is 0.404. The molecule has 0 unspecified atom stereocenters. The highest BCUT2D eigenvalue weighted by molar-refractivity contribution is 6.74. The number of hydrogen-bond donors (Lipinski definition) is 5. The van der Waals surface area contributed by atoms with Gasteiger partial charge in [-0.15, -0.1) is 5.10 Å². The van der Waals surface area contributed by atoms with E-state index in [9.17, 15) is 19.8 Å². The maximum atomic E-state index is 12.9. The molecule has 1 saturated carbocycles. The van der Waals surface area contributed by atoms with Crippen molar-refractivity contribution in [1.29, 1.82) is 0 Å². The van der Waals surface area contributed by atoms with Gasteiger partial charge in [0.15, 0.2) is 8.32 Å². The molecule has 1 atom stereocenters. The van der Waals surface area contributed by atoms with Crippen molar-refractivity contribution in [3.05, 3.63) is 118 Å². The number of fused-ring (bicyclic) bond motifs is 2. The zero-order valence-corrected chi connectivity index (χ0v) is 36.7. The van der Waals surface area contributed by atoms with Crippen molar-refractivity contribution in [3.8, 4) is 16.9 Å². The van der Waals surface area contributed by atoms with Crippen molar-refractivity contribution in [2.24, 2.45) is 0 Å². The third-order valence-corrected chi connectivity index (χ3v) is 17.1. The molecular formula is C47H59N7O5Si. The lowest BCUT2D eigenvalue weighted by Gasteiger charge is -2.39. The van der Waals surface area contributed by atoms with Crippen LogP contribution in [0.5, 0.6) is 5.75 Å². The van der Waals surface area contributed by atoms with E-state index in [2.05, 4.69) is 96.2 Å². The quantitative estimate of drug-likeness (QED) is 0.0637. The average molecular weight is 830 g/mol. The van der Waals surface area contributed by atoms with Crippen LogP contribution in [0.15, 0.2) is 95.8 Å². The van der Waals surface area contributed by atoms with E-state index >= 15 is 0 Å². The Bertz CT molecular complexity index is 2490. The Morgan fingerprint density at radius 3 is 2.45 bits per heavy atom. The highest BCUT2D eigenvalue weighted by Gasteiger charge is 2.40. The van der Waals surface area contributed by atoms with Crippen LogP contribution in [-0.4, -0.2) is 70.3 Å². The first kappa shape index (κ1) is 42.8. The van der Waals surface area contributed by atoms with Crippen molar-refractivity contribution in [3.63, 3.8) is 0 Å². The Morgan fingerprint density at radius 1 is 0.983 bits per heavy atom. The molecule has 6 aromatic rings. The number of benzene rings is 4. The summed E-state index contributed by atoms with van der Waals surface area (Å²) >= 11 is 0. The van der Waals surface area contributed by atoms with Gasteiger partial charge in [0.1, 0.15) is 11.3 Å². The van der Waals surface area contributed by atoms with Gasteiger partial charge in [0, 0.05) is 48.7 Å². The van der Waals surface area contributed by atoms with Crippen LogP contribution in [0.1, 0.15) is 75.7 Å². The molecule has 0 radical (unpaired) electrons. The minimum Gasteiger partial charge on any atom is -0.506 e. The third kappa shape index (κ3) is 9.49. The molecule has 13 heteroatoms. The summed E-state index contributed by atoms with van der Waals surface area (Å²) in [5.41, 5.74) is 7.64. The van der Waals surface area contributed by atoms with Gasteiger partial charge < -0.3 is 30.3 Å². The van der Waals surface area contributed by atoms with E-state index in [4.69, 9.17) is 4.43 Å². The van der Waals surface area contributed by atoms with Gasteiger partial charge in [0.05, 0.1) is 22.8 Å². The van der Waals surface area contributed by atoms with Gasteiger partial charge in [-0.1, -0.05) is 80.6 Å². The molecule has 2 aromatic heterocycles. The second-order valence-electron chi connectivity index (χ2n) is 17.7. The summed E-state index contributed by atoms with van der Waals surface area (Å²) in [6, 6.07) is 29.6. The molecule has 2 heterocycles. The van der Waals surface area contributed by atoms with Gasteiger partial charge in [-0.05, 0) is 116 Å². The topological polar surface area (TPSA) is 158 Å². The molecule has 316 valence electrons. The molecule has 0 bridgehead atoms. The minimum atomic E-state index is -2.22. The highest BCUT2D eigenvalue weighted by Crippen LogP contribution is 2.41. The van der Waals surface area contributed by atoms with Crippen molar-refractivity contribution >= 4 is 42.0 Å². The van der Waals surface area contributed by atoms with E-state index in [-0.39, 0.29) is 28.5 Å². The summed E-state index contributed by atoms with van der Waals surface area (Å²) < 4.78 is 8.93. The molecule has 0 saturated heterocycles. The summed E-state index contributed by atoms with van der Waals surface area (Å²) in [7, 11) is -0.242. The number of phenols is 1. The van der Waals surface area contributed by atoms with E-state index in [0.29, 0.717) is 31.2 Å². The Labute approximate surface area is 353 Å². The van der Waals surface area contributed by atoms with Gasteiger partial charge in [-0.3, -0.25) is 9.69 Å². The first-order chi connectivity index (χ1) is 28.7. The number of aromatic hydroxyl groups is 1. The summed E-state index contributed by atoms with van der Waals surface area (Å²) in [6.45, 7) is 12.9. The second-order valence-corrected chi connectivity index (χ2v) is 22.4. The number of nitrogens with zero attached hydrogens (tertiary/aromatic N) is 4. The number of phenolic OH excluding ortho intramolecular Hbond substituents is 1. The maximum Gasteiger partial charge on any atom is 0.412 e. The van der Waals surface area contributed by atoms with Crippen molar-refractivity contribution in [2.45, 2.75) is 109 Å². The maximum absolute atomic E-state index is 12.9. The molecule has 1 amide bonds. The van der Waals surface area contributed by atoms with Crippen LogP contribution in [0.2, 0.25) is 18.1 Å². The first-order valence-electron chi connectivity index (χ1n) is 21.2. The van der Waals surface area contributed by atoms with Gasteiger partial charge in [0.2, 0.25) is 5.56 Å². The summed E-state index contributed by atoms with van der Waals surface area (Å²) in [4.78, 5) is 29.5. The number of pyridine rings is 1. The van der Waals surface area contributed by atoms with E-state index < -0.39 is 14.4 Å². The van der Waals surface area contributed by atoms with E-state index in [1.807, 2.05) is 48.1 Å². The number of hydrogen-bond acceptors (Lipinski definition) is 8. The number of rotatable bonds is 15. The monoisotopic (exact) mass is 829 g/mol. The van der Waals surface area contributed by atoms with Gasteiger partial charge in [-0.25, -0.2) is 9.48 Å². The van der Waals surface area contributed by atoms with E-state index in [0.717, 1.165) is 88.4 Å². The molecule has 5 N–H and O–H groups in total. The number of aromatic amines is 1. The fourth-order valence-electron chi connectivity index (χ4n) is 8.23. The normalized spacial score (nSPS) is 16.6. The van der Waals surface area contributed by atoms with E-state index in [1.165, 1.54) is 6.07 Å². The number of carboxylic acid groups (broad SMARTS) is 1. The Kier molecular flexibility index (Phi) is 12.9. The molecule has 1 aliphatic carbocycles. The largest absolute Gasteiger partial charge is 0.506 e. The molecule has 0 spiro atoms. The molecule has 7 rings (SSSR count). The number of carbonyl (C=O) groups is 1. The SMILES string of the molecule is CNC1CCC(N(C(=O)O)c2cc(CCCn3nnc4cc(CNC[C@H](O[Si](C)(C)C(C)(C)C)c5ccc(O)c6[nH]c(=O)ccc56)ccc43)ccc2-c2ccccc2)CC1. The third-order valence-electron chi connectivity index (χ3n) is 12.7. The zero-order valence-electron chi connectivity index (χ0n) is 35.7. The standard InChI is InChI=1S/C47H59N7O5Si/c1-47(2,3)60(5,6)59-43(37-21-24-42(55)45-38(37)22-25-44(56)50-45)30-49-29-32-15-23-40-39(27-32)51-52-53(40)26-10-11-31-14-20-36(33-12-8-7-9-13-33)41(28-31)54(46(57)58)35-18-16-34(48-4)17-19-35/h7-9,12-15,20-25,27-28,34-35,43,48-49,55H,10-11,16-19,26,29-30H2,1-6H3,(H,50,56)(H,57,58)/t34?,35?,43-/m0/s1. The predicted octanol–water partition coefficient (Wildman–Crippen LogP) is 9.15. The molecule has 1 fully saturated rings. The van der Waals surface area contributed by atoms with Crippen LogP contribution in [0.4, 0.5) is 10.5 Å². The minimum absolute atomic E-state index is 0.0217. The Morgan fingerprint density at radius 2 is 1.73 bits per heavy atom. The molecule has 1 aliphatic rings. The summed E-state index contributed by atoms with van der Waals surface area (Å²) in [5, 5.41) is 37.9. The zero-order chi connectivity index (χ0) is 42.6. The highest BCUT2D eigenvalue weighted by atomic mass is 28.4. The smallest absolute Gasteiger partial charge is 0.412 e. The van der Waals surface area contributed by atoms with E-state index in [1.54, 1.807) is 17.0 Å². The lowest BCUT2D eigenvalue weighted by Crippen LogP contribution is -2.44. The first-order valence-corrected chi connectivity index (χ1v) is 24.1. The van der Waals surface area contributed by atoms with Crippen LogP contribution in [-0.2, 0) is 23.9 Å². The number of anilines is 1. The number of aryl methyl sites for hydroxylation is 2. The van der Waals surface area contributed by atoms with Gasteiger partial charge in [-0.2, -0.15) is 0 Å². The van der Waals surface area contributed by atoms with Crippen LogP contribution < -0.4 is 21.1 Å². The van der Waals surface area contributed by atoms with Crippen LogP contribution >= 0.6 is 0 Å². The van der Waals surface area contributed by atoms with Crippen LogP contribution in [0.25, 0.3) is 33.1 Å². The Balaban J connectivity index is 1.04.